The number of nitrogens with two attached hydrogens (primary N) is 1. The van der Waals surface area contributed by atoms with E-state index in [-0.39, 0.29) is 5.82 Å². The maximum atomic E-state index is 10.2. The van der Waals surface area contributed by atoms with Crippen molar-refractivity contribution >= 4 is 16.9 Å². The minimum atomic E-state index is -1.22. The van der Waals surface area contributed by atoms with Crippen molar-refractivity contribution in [2.45, 2.75) is 37.4 Å². The van der Waals surface area contributed by atoms with Crippen LogP contribution >= 0.6 is 0 Å². The Hall–Kier alpha value is -2.25. The third-order valence-electron chi connectivity index (χ3n) is 4.01. The van der Waals surface area contributed by atoms with Crippen LogP contribution in [0.4, 0.5) is 5.82 Å². The molecule has 0 aliphatic carbocycles. The zero-order valence-corrected chi connectivity index (χ0v) is 12.2. The average molecular weight is 319 g/mol. The molecule has 122 valence electrons. The SMILES string of the molecule is N#CCCc1cn([C@@H]2O[C@H](CO)[C@@H](O)[C@H]2O)c2ncnc(N)c12. The smallest absolute Gasteiger partial charge is 0.164 e. The van der Waals surface area contributed by atoms with E-state index in [2.05, 4.69) is 16.0 Å². The zero-order chi connectivity index (χ0) is 16.6. The summed E-state index contributed by atoms with van der Waals surface area (Å²) < 4.78 is 7.09. The fourth-order valence-corrected chi connectivity index (χ4v) is 2.87. The Morgan fingerprint density at radius 1 is 1.35 bits per heavy atom. The summed E-state index contributed by atoms with van der Waals surface area (Å²) in [6.45, 7) is -0.410. The van der Waals surface area contributed by atoms with Crippen molar-refractivity contribution in [3.8, 4) is 6.07 Å². The van der Waals surface area contributed by atoms with E-state index in [9.17, 15) is 15.3 Å². The van der Waals surface area contributed by atoms with Crippen LogP contribution in [-0.2, 0) is 11.2 Å². The Morgan fingerprint density at radius 3 is 2.78 bits per heavy atom. The van der Waals surface area contributed by atoms with Gasteiger partial charge in [0.15, 0.2) is 6.23 Å². The average Bonchev–Trinajstić information content (AvgIpc) is 3.05. The zero-order valence-electron chi connectivity index (χ0n) is 12.2. The molecular weight excluding hydrogens is 302 g/mol. The molecule has 9 heteroatoms. The number of hydrogen-bond acceptors (Lipinski definition) is 8. The molecule has 0 amide bonds. The fraction of sp³-hybridized carbons (Fsp3) is 0.500. The van der Waals surface area contributed by atoms with Crippen LogP contribution < -0.4 is 5.73 Å². The molecule has 3 rings (SSSR count). The largest absolute Gasteiger partial charge is 0.394 e. The number of aliphatic hydroxyl groups excluding tert-OH is 3. The number of aryl methyl sites for hydroxylation is 1. The molecule has 0 radical (unpaired) electrons. The highest BCUT2D eigenvalue weighted by Gasteiger charge is 2.44. The predicted molar refractivity (Wildman–Crippen MR) is 78.9 cm³/mol. The van der Waals surface area contributed by atoms with Crippen molar-refractivity contribution in [2.75, 3.05) is 12.3 Å². The molecule has 5 N–H and O–H groups in total. The van der Waals surface area contributed by atoms with Gasteiger partial charge in [0.25, 0.3) is 0 Å². The normalized spacial score (nSPS) is 27.4. The second kappa shape index (κ2) is 6.10. The number of nitrogens with zero attached hydrogens (tertiary/aromatic N) is 4. The first-order valence-corrected chi connectivity index (χ1v) is 7.17. The van der Waals surface area contributed by atoms with Gasteiger partial charge in [0.05, 0.1) is 18.1 Å². The van der Waals surface area contributed by atoms with E-state index in [1.165, 1.54) is 6.33 Å². The van der Waals surface area contributed by atoms with Crippen molar-refractivity contribution in [3.63, 3.8) is 0 Å². The van der Waals surface area contributed by atoms with Crippen molar-refractivity contribution in [1.29, 1.82) is 5.26 Å². The van der Waals surface area contributed by atoms with Crippen LogP contribution in [0.1, 0.15) is 18.2 Å². The molecule has 0 unspecified atom stereocenters. The molecule has 1 saturated heterocycles. The number of nitriles is 1. The van der Waals surface area contributed by atoms with E-state index in [1.54, 1.807) is 10.8 Å². The molecule has 0 saturated carbocycles. The van der Waals surface area contributed by atoms with E-state index in [1.807, 2.05) is 0 Å². The molecule has 2 aromatic rings. The van der Waals surface area contributed by atoms with Gasteiger partial charge in [-0.15, -0.1) is 0 Å². The van der Waals surface area contributed by atoms with Gasteiger partial charge in [-0.3, -0.25) is 0 Å². The lowest BCUT2D eigenvalue weighted by Gasteiger charge is -2.17. The van der Waals surface area contributed by atoms with Gasteiger partial charge in [-0.25, -0.2) is 9.97 Å². The van der Waals surface area contributed by atoms with Gasteiger partial charge in [0.2, 0.25) is 0 Å². The Balaban J connectivity index is 2.08. The highest BCUT2D eigenvalue weighted by atomic mass is 16.6. The number of aliphatic hydroxyl groups is 3. The minimum absolute atomic E-state index is 0.272. The number of hydrogen-bond donors (Lipinski definition) is 4. The fourth-order valence-electron chi connectivity index (χ4n) is 2.87. The minimum Gasteiger partial charge on any atom is -0.394 e. The third kappa shape index (κ3) is 2.51. The van der Waals surface area contributed by atoms with Gasteiger partial charge in [0, 0.05) is 12.6 Å². The van der Waals surface area contributed by atoms with E-state index in [0.717, 1.165) is 5.56 Å². The summed E-state index contributed by atoms with van der Waals surface area (Å²) in [5.74, 6) is 0.272. The molecule has 1 aliphatic rings. The number of fused-ring (bicyclic) bond motifs is 1. The first-order valence-electron chi connectivity index (χ1n) is 7.17. The Labute approximate surface area is 131 Å². The highest BCUT2D eigenvalue weighted by molar-refractivity contribution is 5.89. The number of ether oxygens (including phenoxy) is 1. The van der Waals surface area contributed by atoms with Crippen LogP contribution in [0, 0.1) is 11.3 Å². The Kier molecular flexibility index (Phi) is 4.14. The molecule has 4 atom stereocenters. The van der Waals surface area contributed by atoms with E-state index < -0.39 is 31.1 Å². The monoisotopic (exact) mass is 319 g/mol. The van der Waals surface area contributed by atoms with E-state index in [4.69, 9.17) is 15.7 Å². The molecule has 0 spiro atoms. The first kappa shape index (κ1) is 15.6. The first-order chi connectivity index (χ1) is 11.1. The topological polar surface area (TPSA) is 150 Å². The molecule has 0 bridgehead atoms. The lowest BCUT2D eigenvalue weighted by atomic mass is 10.1. The van der Waals surface area contributed by atoms with Gasteiger partial charge in [0.1, 0.15) is 36.1 Å². The maximum absolute atomic E-state index is 10.2. The molecule has 9 nitrogen and oxygen atoms in total. The van der Waals surface area contributed by atoms with Crippen LogP contribution in [0.3, 0.4) is 0 Å². The molecule has 3 heterocycles. The quantitative estimate of drug-likeness (QED) is 0.565. The van der Waals surface area contributed by atoms with Gasteiger partial charge >= 0.3 is 0 Å². The second-order valence-corrected chi connectivity index (χ2v) is 5.41. The lowest BCUT2D eigenvalue weighted by molar-refractivity contribution is -0.0509. The summed E-state index contributed by atoms with van der Waals surface area (Å²) in [4.78, 5) is 8.14. The Bertz CT molecular complexity index is 755. The standard InChI is InChI=1S/C14H17N5O4/c15-3-1-2-7-4-19(13-9(7)12(16)17-6-18-13)14-11(22)10(21)8(5-20)23-14/h4,6,8,10-11,14,20-22H,1-2,5H2,(H2,16,17,18)/t8-,10-,11-,14-/m1/s1. The van der Waals surface area contributed by atoms with Gasteiger partial charge in [-0.05, 0) is 12.0 Å². The van der Waals surface area contributed by atoms with Crippen LogP contribution in [0.15, 0.2) is 12.5 Å². The third-order valence-corrected chi connectivity index (χ3v) is 4.01. The molecule has 2 aromatic heterocycles. The molecule has 23 heavy (non-hydrogen) atoms. The summed E-state index contributed by atoms with van der Waals surface area (Å²) in [7, 11) is 0. The van der Waals surface area contributed by atoms with Gasteiger partial charge in [-0.1, -0.05) is 0 Å². The molecule has 0 aromatic carbocycles. The van der Waals surface area contributed by atoms with Crippen LogP contribution in [-0.4, -0.2) is 54.8 Å². The van der Waals surface area contributed by atoms with Crippen molar-refractivity contribution in [3.05, 3.63) is 18.1 Å². The molecular formula is C14H17N5O4. The second-order valence-electron chi connectivity index (χ2n) is 5.41. The highest BCUT2D eigenvalue weighted by Crippen LogP contribution is 2.34. The van der Waals surface area contributed by atoms with Crippen LogP contribution in [0.5, 0.6) is 0 Å². The molecule has 1 fully saturated rings. The maximum Gasteiger partial charge on any atom is 0.164 e. The van der Waals surface area contributed by atoms with E-state index in [0.29, 0.717) is 23.9 Å². The van der Waals surface area contributed by atoms with Crippen molar-refractivity contribution < 1.29 is 20.1 Å². The number of rotatable bonds is 4. The summed E-state index contributed by atoms with van der Waals surface area (Å²) >= 11 is 0. The molecule has 1 aliphatic heterocycles. The van der Waals surface area contributed by atoms with E-state index >= 15 is 0 Å². The summed E-state index contributed by atoms with van der Waals surface area (Å²) in [5, 5.41) is 38.7. The number of aromatic nitrogens is 3. The van der Waals surface area contributed by atoms with Crippen LogP contribution in [0.25, 0.3) is 11.0 Å². The van der Waals surface area contributed by atoms with Gasteiger partial charge in [-0.2, -0.15) is 5.26 Å². The number of anilines is 1. The predicted octanol–water partition coefficient (Wildman–Crippen LogP) is -0.919. The lowest BCUT2D eigenvalue weighted by Crippen LogP contribution is -2.33. The summed E-state index contributed by atoms with van der Waals surface area (Å²) in [5.41, 5.74) is 7.12. The van der Waals surface area contributed by atoms with Crippen molar-refractivity contribution in [1.82, 2.24) is 14.5 Å². The van der Waals surface area contributed by atoms with Gasteiger partial charge < -0.3 is 30.4 Å². The van der Waals surface area contributed by atoms with Crippen molar-refractivity contribution in [2.24, 2.45) is 0 Å². The van der Waals surface area contributed by atoms with Crippen LogP contribution in [0.2, 0.25) is 0 Å². The summed E-state index contributed by atoms with van der Waals surface area (Å²) in [6, 6.07) is 2.07. The summed E-state index contributed by atoms with van der Waals surface area (Å²) in [6.07, 6.45) is -0.483. The number of nitrogen functional groups attached to an aromatic ring is 1. The Morgan fingerprint density at radius 2 is 2.13 bits per heavy atom.